The highest BCUT2D eigenvalue weighted by Crippen LogP contribution is 2.19. The Bertz CT molecular complexity index is 908. The number of hydrogen-bond acceptors (Lipinski definition) is 4. The van der Waals surface area contributed by atoms with E-state index in [1.54, 1.807) is 13.8 Å². The topological polar surface area (TPSA) is 95.0 Å². The van der Waals surface area contributed by atoms with E-state index < -0.39 is 0 Å². The maximum atomic E-state index is 12.3. The summed E-state index contributed by atoms with van der Waals surface area (Å²) in [6.45, 7) is 8.00. The van der Waals surface area contributed by atoms with Gasteiger partial charge in [0.15, 0.2) is 0 Å². The Balaban J connectivity index is 2.00. The third-order valence-electron chi connectivity index (χ3n) is 4.59. The van der Waals surface area contributed by atoms with Gasteiger partial charge in [-0.15, -0.1) is 0 Å². The first-order chi connectivity index (χ1) is 12.9. The number of aromatic amines is 1. The molecule has 1 heterocycles. The summed E-state index contributed by atoms with van der Waals surface area (Å²) >= 11 is 0. The highest BCUT2D eigenvalue weighted by atomic mass is 16.5. The average molecular weight is 367 g/mol. The number of nitriles is 1. The Hall–Kier alpha value is -3.07. The Morgan fingerprint density at radius 1 is 1.30 bits per heavy atom. The van der Waals surface area contributed by atoms with Gasteiger partial charge in [-0.3, -0.25) is 9.59 Å². The first-order valence-electron chi connectivity index (χ1n) is 9.01. The highest BCUT2D eigenvalue weighted by molar-refractivity contribution is 5.76. The number of nitrogens with zero attached hydrogens (tertiary/aromatic N) is 1. The molecule has 0 radical (unpaired) electrons. The number of pyridine rings is 1. The van der Waals surface area contributed by atoms with Crippen molar-refractivity contribution in [2.75, 3.05) is 6.61 Å². The predicted octanol–water partition coefficient (Wildman–Crippen LogP) is 3.07. The van der Waals surface area contributed by atoms with Gasteiger partial charge in [0.2, 0.25) is 5.91 Å². The molecule has 2 N–H and O–H groups in total. The standard InChI is InChI=1S/C21H25N3O3/c1-5-27-17-8-6-16(7-9-17)14(3)23-20(25)11-10-18-13(2)19(12-22)21(26)24-15(18)4/h6-9,14H,5,10-11H2,1-4H3,(H,23,25)(H,24,26). The molecule has 1 unspecified atom stereocenters. The number of amides is 1. The number of rotatable bonds is 7. The molecule has 6 nitrogen and oxygen atoms in total. The lowest BCUT2D eigenvalue weighted by molar-refractivity contribution is -0.121. The summed E-state index contributed by atoms with van der Waals surface area (Å²) in [5.41, 5.74) is 2.91. The molecule has 0 aliphatic carbocycles. The van der Waals surface area contributed by atoms with Crippen LogP contribution in [0, 0.1) is 25.2 Å². The molecule has 0 fully saturated rings. The number of ether oxygens (including phenoxy) is 1. The average Bonchev–Trinajstić information content (AvgIpc) is 2.62. The molecule has 2 rings (SSSR count). The van der Waals surface area contributed by atoms with Crippen LogP contribution >= 0.6 is 0 Å². The van der Waals surface area contributed by atoms with Crippen LogP contribution in [-0.2, 0) is 11.2 Å². The summed E-state index contributed by atoms with van der Waals surface area (Å²) in [7, 11) is 0. The number of aryl methyl sites for hydroxylation is 1. The second-order valence-electron chi connectivity index (χ2n) is 6.46. The van der Waals surface area contributed by atoms with Crippen molar-refractivity contribution in [1.82, 2.24) is 10.3 Å². The summed E-state index contributed by atoms with van der Waals surface area (Å²) in [4.78, 5) is 26.8. The number of carbonyl (C=O) groups excluding carboxylic acids is 1. The monoisotopic (exact) mass is 367 g/mol. The van der Waals surface area contributed by atoms with Crippen molar-refractivity contribution in [3.8, 4) is 11.8 Å². The van der Waals surface area contributed by atoms with Gasteiger partial charge < -0.3 is 15.0 Å². The first-order valence-corrected chi connectivity index (χ1v) is 9.01. The third kappa shape index (κ3) is 4.98. The maximum Gasteiger partial charge on any atom is 0.266 e. The SMILES string of the molecule is CCOc1ccc(C(C)NC(=O)CCc2c(C)[nH]c(=O)c(C#N)c2C)cc1. The number of benzene rings is 1. The van der Waals surface area contributed by atoms with Gasteiger partial charge in [-0.25, -0.2) is 0 Å². The van der Waals surface area contributed by atoms with Gasteiger partial charge in [0.1, 0.15) is 17.4 Å². The summed E-state index contributed by atoms with van der Waals surface area (Å²) in [5.74, 6) is 0.719. The summed E-state index contributed by atoms with van der Waals surface area (Å²) in [5, 5.41) is 12.1. The van der Waals surface area contributed by atoms with Crippen molar-refractivity contribution in [1.29, 1.82) is 5.26 Å². The van der Waals surface area contributed by atoms with Crippen molar-refractivity contribution in [2.24, 2.45) is 0 Å². The molecule has 1 aromatic heterocycles. The fourth-order valence-corrected chi connectivity index (χ4v) is 3.08. The zero-order valence-electron chi connectivity index (χ0n) is 16.2. The predicted molar refractivity (Wildman–Crippen MR) is 104 cm³/mol. The molecular weight excluding hydrogens is 342 g/mol. The van der Waals surface area contributed by atoms with E-state index in [2.05, 4.69) is 10.3 Å². The fourth-order valence-electron chi connectivity index (χ4n) is 3.08. The minimum absolute atomic E-state index is 0.0834. The largest absolute Gasteiger partial charge is 0.494 e. The number of nitrogens with one attached hydrogen (secondary N) is 2. The van der Waals surface area contributed by atoms with Gasteiger partial charge in [0, 0.05) is 12.1 Å². The third-order valence-corrected chi connectivity index (χ3v) is 4.59. The number of hydrogen-bond donors (Lipinski definition) is 2. The van der Waals surface area contributed by atoms with Crippen LogP contribution in [0.15, 0.2) is 29.1 Å². The minimum Gasteiger partial charge on any atom is -0.494 e. The lowest BCUT2D eigenvalue weighted by atomic mass is 9.99. The van der Waals surface area contributed by atoms with Crippen LogP contribution < -0.4 is 15.6 Å². The molecule has 6 heteroatoms. The van der Waals surface area contributed by atoms with Crippen LogP contribution in [-0.4, -0.2) is 17.5 Å². The van der Waals surface area contributed by atoms with E-state index in [9.17, 15) is 9.59 Å². The molecule has 0 spiro atoms. The van der Waals surface area contributed by atoms with E-state index in [0.29, 0.717) is 24.3 Å². The lowest BCUT2D eigenvalue weighted by Crippen LogP contribution is -2.27. The number of H-pyrrole nitrogens is 1. The van der Waals surface area contributed by atoms with E-state index in [0.717, 1.165) is 16.9 Å². The minimum atomic E-state index is -0.384. The van der Waals surface area contributed by atoms with Crippen LogP contribution in [0.5, 0.6) is 5.75 Å². The van der Waals surface area contributed by atoms with Gasteiger partial charge in [-0.05, 0) is 62.9 Å². The normalized spacial score (nSPS) is 11.5. The van der Waals surface area contributed by atoms with E-state index in [1.807, 2.05) is 44.2 Å². The summed E-state index contributed by atoms with van der Waals surface area (Å²) in [6.07, 6.45) is 0.741. The van der Waals surface area contributed by atoms with E-state index in [4.69, 9.17) is 10.00 Å². The van der Waals surface area contributed by atoms with Crippen LogP contribution in [0.1, 0.15) is 54.3 Å². The number of carbonyl (C=O) groups is 1. The molecule has 1 amide bonds. The quantitative estimate of drug-likeness (QED) is 0.786. The Morgan fingerprint density at radius 3 is 2.56 bits per heavy atom. The fraction of sp³-hybridized carbons (Fsp3) is 0.381. The summed E-state index contributed by atoms with van der Waals surface area (Å²) < 4.78 is 5.42. The molecule has 2 aromatic rings. The van der Waals surface area contributed by atoms with E-state index in [1.165, 1.54) is 0 Å². The van der Waals surface area contributed by atoms with Gasteiger partial charge in [0.25, 0.3) is 5.56 Å². The molecule has 0 aliphatic heterocycles. The van der Waals surface area contributed by atoms with Crippen LogP contribution in [0.3, 0.4) is 0 Å². The van der Waals surface area contributed by atoms with Crippen molar-refractivity contribution >= 4 is 5.91 Å². The highest BCUT2D eigenvalue weighted by Gasteiger charge is 2.15. The second-order valence-corrected chi connectivity index (χ2v) is 6.46. The molecule has 0 bridgehead atoms. The molecule has 1 atom stereocenters. The first kappa shape index (κ1) is 20.2. The van der Waals surface area contributed by atoms with Crippen molar-refractivity contribution < 1.29 is 9.53 Å². The van der Waals surface area contributed by atoms with Crippen molar-refractivity contribution in [3.63, 3.8) is 0 Å². The zero-order chi connectivity index (χ0) is 20.0. The Morgan fingerprint density at radius 2 is 1.96 bits per heavy atom. The number of aromatic nitrogens is 1. The molecule has 0 aliphatic rings. The zero-order valence-corrected chi connectivity index (χ0v) is 16.2. The van der Waals surface area contributed by atoms with Gasteiger partial charge in [-0.1, -0.05) is 12.1 Å². The molecular formula is C21H25N3O3. The molecule has 27 heavy (non-hydrogen) atoms. The maximum absolute atomic E-state index is 12.3. The molecule has 1 aromatic carbocycles. The summed E-state index contributed by atoms with van der Waals surface area (Å²) in [6, 6.07) is 9.45. The molecule has 142 valence electrons. The van der Waals surface area contributed by atoms with E-state index >= 15 is 0 Å². The Kier molecular flexibility index (Phi) is 6.78. The van der Waals surface area contributed by atoms with E-state index in [-0.39, 0.29) is 29.5 Å². The van der Waals surface area contributed by atoms with Gasteiger partial charge in [0.05, 0.1) is 12.6 Å². The van der Waals surface area contributed by atoms with Crippen molar-refractivity contribution in [2.45, 2.75) is 46.6 Å². The van der Waals surface area contributed by atoms with Crippen molar-refractivity contribution in [3.05, 3.63) is 62.6 Å². The molecule has 0 saturated carbocycles. The van der Waals surface area contributed by atoms with Gasteiger partial charge >= 0.3 is 0 Å². The second kappa shape index (κ2) is 9.04. The van der Waals surface area contributed by atoms with Crippen LogP contribution in [0.2, 0.25) is 0 Å². The Labute approximate surface area is 159 Å². The lowest BCUT2D eigenvalue weighted by Gasteiger charge is -2.16. The van der Waals surface area contributed by atoms with Crippen LogP contribution in [0.4, 0.5) is 0 Å². The van der Waals surface area contributed by atoms with Gasteiger partial charge in [-0.2, -0.15) is 5.26 Å². The molecule has 0 saturated heterocycles. The van der Waals surface area contributed by atoms with Crippen LogP contribution in [0.25, 0.3) is 0 Å². The smallest absolute Gasteiger partial charge is 0.266 e.